The summed E-state index contributed by atoms with van der Waals surface area (Å²) in [6.45, 7) is 1.90. The van der Waals surface area contributed by atoms with Crippen LogP contribution in [0.3, 0.4) is 0 Å². The lowest BCUT2D eigenvalue weighted by Gasteiger charge is -2.35. The van der Waals surface area contributed by atoms with Gasteiger partial charge >= 0.3 is 0 Å². The number of nitrogens with two attached hydrogens (primary N) is 1. The van der Waals surface area contributed by atoms with Crippen molar-refractivity contribution in [3.05, 3.63) is 71.3 Å². The number of benzene rings is 2. The number of amides is 1. The number of hydrazone groups is 1. The maximum atomic E-state index is 14.5. The largest absolute Gasteiger partial charge is 0.399 e. The summed E-state index contributed by atoms with van der Waals surface area (Å²) in [7, 11) is 1.34. The van der Waals surface area contributed by atoms with Gasteiger partial charge in [-0.25, -0.2) is 13.8 Å². The fourth-order valence-electron chi connectivity index (χ4n) is 3.23. The molecule has 0 saturated heterocycles. The number of carbonyl (C=O) groups excluding carboxylic acids is 1. The molecule has 1 amide bonds. The second-order valence-electron chi connectivity index (χ2n) is 6.65. The zero-order valence-electron chi connectivity index (χ0n) is 16.6. The lowest BCUT2D eigenvalue weighted by Crippen LogP contribution is -2.44. The van der Waals surface area contributed by atoms with E-state index in [9.17, 15) is 13.6 Å². The standard InChI is InChI=1S/C21H22F2N4O2S/c1-14(26-29-2)20(28)27-21(11-6-12-24,15-7-4-3-5-8-15)30-19(25-27)17-13-16(22)9-10-18(17)23/h3-5,7-10,13H,6,11-12,24H2,1-2H3. The second-order valence-corrected chi connectivity index (χ2v) is 7.92. The fourth-order valence-corrected chi connectivity index (χ4v) is 4.65. The number of nitrogens with zero attached hydrogens (tertiary/aromatic N) is 3. The number of rotatable bonds is 7. The van der Waals surface area contributed by atoms with Gasteiger partial charge < -0.3 is 10.6 Å². The second kappa shape index (κ2) is 9.36. The van der Waals surface area contributed by atoms with Crippen LogP contribution in [0, 0.1) is 11.6 Å². The molecule has 1 aliphatic heterocycles. The van der Waals surface area contributed by atoms with Crippen LogP contribution in [0.2, 0.25) is 0 Å². The van der Waals surface area contributed by atoms with E-state index >= 15 is 0 Å². The fraction of sp³-hybridized carbons (Fsp3) is 0.286. The zero-order chi connectivity index (χ0) is 21.7. The van der Waals surface area contributed by atoms with Gasteiger partial charge in [-0.2, -0.15) is 5.10 Å². The molecule has 1 unspecified atom stereocenters. The molecule has 9 heteroatoms. The van der Waals surface area contributed by atoms with E-state index in [1.165, 1.54) is 30.8 Å². The van der Waals surface area contributed by atoms with Crippen molar-refractivity contribution in [1.29, 1.82) is 0 Å². The Kier molecular flexibility index (Phi) is 6.84. The molecule has 0 radical (unpaired) electrons. The van der Waals surface area contributed by atoms with Crippen LogP contribution in [0.15, 0.2) is 58.8 Å². The monoisotopic (exact) mass is 432 g/mol. The predicted molar refractivity (Wildman–Crippen MR) is 114 cm³/mol. The van der Waals surface area contributed by atoms with Gasteiger partial charge in [0.05, 0.1) is 0 Å². The Hall–Kier alpha value is -2.78. The first-order valence-corrected chi connectivity index (χ1v) is 10.2. The highest BCUT2D eigenvalue weighted by Crippen LogP contribution is 2.50. The van der Waals surface area contributed by atoms with E-state index in [-0.39, 0.29) is 16.3 Å². The van der Waals surface area contributed by atoms with Crippen LogP contribution in [0.1, 0.15) is 30.9 Å². The Morgan fingerprint density at radius 2 is 2.00 bits per heavy atom. The molecule has 0 aromatic heterocycles. The summed E-state index contributed by atoms with van der Waals surface area (Å²) in [6, 6.07) is 12.4. The molecule has 30 heavy (non-hydrogen) atoms. The normalized spacial score (nSPS) is 19.0. The Morgan fingerprint density at radius 3 is 2.67 bits per heavy atom. The number of hydrogen-bond acceptors (Lipinski definition) is 6. The maximum Gasteiger partial charge on any atom is 0.293 e. The molecule has 2 aromatic rings. The van der Waals surface area contributed by atoms with Gasteiger partial charge in [0.1, 0.15) is 34.4 Å². The van der Waals surface area contributed by atoms with E-state index in [0.29, 0.717) is 19.4 Å². The van der Waals surface area contributed by atoms with Crippen LogP contribution in [0.4, 0.5) is 8.78 Å². The predicted octanol–water partition coefficient (Wildman–Crippen LogP) is 3.82. The lowest BCUT2D eigenvalue weighted by molar-refractivity contribution is -0.127. The lowest BCUT2D eigenvalue weighted by atomic mass is 10.00. The van der Waals surface area contributed by atoms with Gasteiger partial charge in [0, 0.05) is 5.56 Å². The van der Waals surface area contributed by atoms with Crippen molar-refractivity contribution in [3.8, 4) is 0 Å². The van der Waals surface area contributed by atoms with Gasteiger partial charge in [-0.1, -0.05) is 47.2 Å². The summed E-state index contributed by atoms with van der Waals surface area (Å²) in [5, 5.41) is 9.63. The average molecular weight is 432 g/mol. The van der Waals surface area contributed by atoms with Gasteiger partial charge in [-0.05, 0) is 50.1 Å². The minimum absolute atomic E-state index is 0.00955. The van der Waals surface area contributed by atoms with Crippen molar-refractivity contribution in [2.75, 3.05) is 13.7 Å². The topological polar surface area (TPSA) is 80.3 Å². The zero-order valence-corrected chi connectivity index (χ0v) is 17.5. The average Bonchev–Trinajstić information content (AvgIpc) is 3.14. The highest BCUT2D eigenvalue weighted by atomic mass is 32.2. The van der Waals surface area contributed by atoms with E-state index in [4.69, 9.17) is 10.6 Å². The van der Waals surface area contributed by atoms with Gasteiger partial charge in [-0.15, -0.1) is 0 Å². The smallest absolute Gasteiger partial charge is 0.293 e. The van der Waals surface area contributed by atoms with Crippen LogP contribution in [-0.4, -0.2) is 35.3 Å². The highest BCUT2D eigenvalue weighted by molar-refractivity contribution is 8.15. The van der Waals surface area contributed by atoms with E-state index in [2.05, 4.69) is 10.3 Å². The van der Waals surface area contributed by atoms with E-state index < -0.39 is 22.4 Å². The SMILES string of the molecule is CON=C(C)C(=O)N1N=C(c2cc(F)ccc2F)SC1(CCCN)c1ccccc1. The first kappa shape index (κ1) is 21.9. The number of carbonyl (C=O) groups is 1. The molecule has 2 N–H and O–H groups in total. The minimum Gasteiger partial charge on any atom is -0.399 e. The number of thioether (sulfide) groups is 1. The Balaban J connectivity index is 2.17. The van der Waals surface area contributed by atoms with Crippen molar-refractivity contribution in [2.24, 2.45) is 16.0 Å². The van der Waals surface area contributed by atoms with E-state index in [1.807, 2.05) is 30.3 Å². The molecule has 0 spiro atoms. The van der Waals surface area contributed by atoms with E-state index in [0.717, 1.165) is 23.8 Å². The molecule has 0 fully saturated rings. The number of oxime groups is 1. The summed E-state index contributed by atoms with van der Waals surface area (Å²) < 4.78 is 28.3. The number of hydrogen-bond donors (Lipinski definition) is 1. The van der Waals surface area contributed by atoms with Gasteiger partial charge in [0.25, 0.3) is 5.91 Å². The summed E-state index contributed by atoms with van der Waals surface area (Å²) in [5.41, 5.74) is 6.62. The van der Waals surface area contributed by atoms with Crippen LogP contribution in [-0.2, 0) is 14.5 Å². The van der Waals surface area contributed by atoms with Crippen LogP contribution in [0.5, 0.6) is 0 Å². The molecule has 158 valence electrons. The molecule has 1 heterocycles. The summed E-state index contributed by atoms with van der Waals surface area (Å²) in [6.07, 6.45) is 1.04. The minimum atomic E-state index is -0.990. The van der Waals surface area contributed by atoms with Crippen LogP contribution < -0.4 is 5.73 Å². The van der Waals surface area contributed by atoms with E-state index in [1.54, 1.807) is 0 Å². The third kappa shape index (κ3) is 4.22. The summed E-state index contributed by atoms with van der Waals surface area (Å²) >= 11 is 1.20. The molecule has 1 aliphatic rings. The highest BCUT2D eigenvalue weighted by Gasteiger charge is 2.49. The van der Waals surface area contributed by atoms with Crippen molar-refractivity contribution < 1.29 is 18.4 Å². The Bertz CT molecular complexity index is 984. The molecule has 0 bridgehead atoms. The van der Waals surface area contributed by atoms with Crippen molar-refractivity contribution in [2.45, 2.75) is 24.6 Å². The first-order valence-electron chi connectivity index (χ1n) is 9.34. The van der Waals surface area contributed by atoms with Gasteiger partial charge in [0.15, 0.2) is 0 Å². The molecule has 0 aliphatic carbocycles. The Morgan fingerprint density at radius 1 is 1.27 bits per heavy atom. The maximum absolute atomic E-state index is 14.5. The molecular weight excluding hydrogens is 410 g/mol. The molecule has 3 rings (SSSR count). The molecule has 1 atom stereocenters. The summed E-state index contributed by atoms with van der Waals surface area (Å²) in [4.78, 5) is 17.0. The Labute approximate surface area is 177 Å². The first-order chi connectivity index (χ1) is 14.4. The van der Waals surface area contributed by atoms with Crippen LogP contribution >= 0.6 is 11.8 Å². The van der Waals surface area contributed by atoms with Crippen molar-refractivity contribution in [1.82, 2.24) is 5.01 Å². The van der Waals surface area contributed by atoms with Gasteiger partial charge in [0.2, 0.25) is 0 Å². The third-order valence-corrected chi connectivity index (χ3v) is 6.08. The van der Waals surface area contributed by atoms with Gasteiger partial charge in [-0.3, -0.25) is 4.79 Å². The van der Waals surface area contributed by atoms with Crippen LogP contribution in [0.25, 0.3) is 0 Å². The third-order valence-electron chi connectivity index (χ3n) is 4.63. The molecule has 0 saturated carbocycles. The van der Waals surface area contributed by atoms with Crippen molar-refractivity contribution >= 4 is 28.4 Å². The molecular formula is C21H22F2N4O2S. The number of halogens is 2. The summed E-state index contributed by atoms with van der Waals surface area (Å²) in [5.74, 6) is -1.72. The molecule has 6 nitrogen and oxygen atoms in total. The molecule has 2 aromatic carbocycles. The quantitative estimate of drug-likeness (QED) is 0.533. The van der Waals surface area contributed by atoms with Crippen molar-refractivity contribution in [3.63, 3.8) is 0 Å².